The minimum Gasteiger partial charge on any atom is -0.444 e. The number of morpholine rings is 1. The molecule has 0 radical (unpaired) electrons. The summed E-state index contributed by atoms with van der Waals surface area (Å²) in [6.45, 7) is 15.6. The van der Waals surface area contributed by atoms with Gasteiger partial charge < -0.3 is 19.2 Å². The van der Waals surface area contributed by atoms with E-state index in [2.05, 4.69) is 50.4 Å². The summed E-state index contributed by atoms with van der Waals surface area (Å²) in [6.07, 6.45) is -1.56. The summed E-state index contributed by atoms with van der Waals surface area (Å²) in [6, 6.07) is 24.5. The van der Waals surface area contributed by atoms with E-state index in [9.17, 15) is 14.0 Å². The van der Waals surface area contributed by atoms with Gasteiger partial charge in [-0.3, -0.25) is 9.69 Å². The maximum absolute atomic E-state index is 14.2. The number of amides is 2. The molecule has 1 heterocycles. The predicted molar refractivity (Wildman–Crippen MR) is 183 cm³/mol. The van der Waals surface area contributed by atoms with Crippen LogP contribution in [0.15, 0.2) is 78.9 Å². The Kier molecular flexibility index (Phi) is 10.7. The van der Waals surface area contributed by atoms with Gasteiger partial charge in [-0.05, 0) is 61.7 Å². The second kappa shape index (κ2) is 13.9. The van der Waals surface area contributed by atoms with Crippen molar-refractivity contribution >= 4 is 42.3 Å². The molecule has 1 N–H and O–H groups in total. The van der Waals surface area contributed by atoms with Gasteiger partial charge in [0.15, 0.2) is 6.10 Å². The number of nitrogens with zero attached hydrogens (tertiary/aromatic N) is 1. The smallest absolute Gasteiger partial charge is 0.410 e. The maximum atomic E-state index is 14.2. The summed E-state index contributed by atoms with van der Waals surface area (Å²) in [5.74, 6) is -1.03. The zero-order valence-electron chi connectivity index (χ0n) is 28.0. The lowest BCUT2D eigenvalue weighted by atomic mass is 9.93. The van der Waals surface area contributed by atoms with Crippen LogP contribution in [0, 0.1) is 5.82 Å². The van der Waals surface area contributed by atoms with E-state index >= 15 is 0 Å². The van der Waals surface area contributed by atoms with Gasteiger partial charge in [0.1, 0.15) is 11.4 Å². The molecule has 0 aromatic heterocycles. The number of ether oxygens (including phenoxy) is 2. The van der Waals surface area contributed by atoms with E-state index < -0.39 is 49.4 Å². The summed E-state index contributed by atoms with van der Waals surface area (Å²) in [5.41, 5.74) is -1.34. The highest BCUT2D eigenvalue weighted by Crippen LogP contribution is 2.37. The third-order valence-corrected chi connectivity index (χ3v) is 13.6. The molecule has 1 saturated heterocycles. The molecule has 2 atom stereocenters. The Balaban J connectivity index is 1.63. The minimum absolute atomic E-state index is 0.0523. The van der Waals surface area contributed by atoms with Crippen LogP contribution in [0.2, 0.25) is 10.1 Å². The Bertz CT molecular complexity index is 1470. The Morgan fingerprint density at radius 1 is 0.913 bits per heavy atom. The molecule has 1 fully saturated rings. The SMILES string of the molecule is CC(C)(C)OC(=O)N1C[C@@H](C(=O)NC(C)(C)c2cccc(F)c2Cl)OC[C@H]1CO[Si](c1ccccc1)(c1ccccc1)C(C)(C)C. The summed E-state index contributed by atoms with van der Waals surface area (Å²) >= 11 is 6.25. The van der Waals surface area contributed by atoms with Crippen molar-refractivity contribution < 1.29 is 27.9 Å². The van der Waals surface area contributed by atoms with Crippen LogP contribution < -0.4 is 15.7 Å². The lowest BCUT2D eigenvalue weighted by molar-refractivity contribution is -0.144. The van der Waals surface area contributed by atoms with Gasteiger partial charge in [0.2, 0.25) is 0 Å². The van der Waals surface area contributed by atoms with Crippen LogP contribution in [0.25, 0.3) is 0 Å². The first kappa shape index (κ1) is 35.6. The van der Waals surface area contributed by atoms with Crippen molar-refractivity contribution in [3.63, 3.8) is 0 Å². The van der Waals surface area contributed by atoms with Crippen molar-refractivity contribution in [1.82, 2.24) is 10.2 Å². The van der Waals surface area contributed by atoms with Gasteiger partial charge in [-0.1, -0.05) is 105 Å². The Hall–Kier alpha value is -3.24. The minimum atomic E-state index is -2.92. The maximum Gasteiger partial charge on any atom is 0.410 e. The summed E-state index contributed by atoms with van der Waals surface area (Å²) in [4.78, 5) is 28.8. The average molecular weight is 669 g/mol. The predicted octanol–water partition coefficient (Wildman–Crippen LogP) is 6.41. The number of carbonyl (C=O) groups is 2. The van der Waals surface area contributed by atoms with E-state index in [1.165, 1.54) is 6.07 Å². The van der Waals surface area contributed by atoms with Crippen molar-refractivity contribution in [1.29, 1.82) is 0 Å². The molecule has 46 heavy (non-hydrogen) atoms. The third kappa shape index (κ3) is 7.82. The fourth-order valence-corrected chi connectivity index (χ4v) is 10.9. The van der Waals surface area contributed by atoms with Crippen LogP contribution in [-0.2, 0) is 24.2 Å². The first-order valence-electron chi connectivity index (χ1n) is 15.6. The highest BCUT2D eigenvalue weighted by Gasteiger charge is 2.51. The molecule has 0 saturated carbocycles. The van der Waals surface area contributed by atoms with Crippen LogP contribution in [0.1, 0.15) is 61.0 Å². The number of halogens is 2. The first-order valence-corrected chi connectivity index (χ1v) is 17.9. The Labute approximate surface area is 278 Å². The molecule has 2 amide bonds. The fourth-order valence-electron chi connectivity index (χ4n) is 5.96. The van der Waals surface area contributed by atoms with Gasteiger partial charge in [0.05, 0.1) is 36.4 Å². The molecule has 0 spiro atoms. The number of benzene rings is 3. The lowest BCUT2D eigenvalue weighted by Gasteiger charge is -2.46. The highest BCUT2D eigenvalue weighted by molar-refractivity contribution is 6.99. The summed E-state index contributed by atoms with van der Waals surface area (Å²) < 4.78 is 33.3. The number of hydrogen-bond donors (Lipinski definition) is 1. The molecule has 248 valence electrons. The van der Waals surface area contributed by atoms with Crippen LogP contribution in [0.4, 0.5) is 9.18 Å². The average Bonchev–Trinajstić information content (AvgIpc) is 2.98. The van der Waals surface area contributed by atoms with E-state index in [0.29, 0.717) is 5.56 Å². The number of hydrogen-bond acceptors (Lipinski definition) is 5. The van der Waals surface area contributed by atoms with Crippen molar-refractivity contribution in [2.75, 3.05) is 19.8 Å². The Morgan fingerprint density at radius 3 is 2.00 bits per heavy atom. The van der Waals surface area contributed by atoms with E-state index in [4.69, 9.17) is 25.5 Å². The fraction of sp³-hybridized carbons (Fsp3) is 0.444. The quantitative estimate of drug-likeness (QED) is 0.281. The third-order valence-electron chi connectivity index (χ3n) is 8.18. The van der Waals surface area contributed by atoms with Gasteiger partial charge in [-0.25, -0.2) is 9.18 Å². The Morgan fingerprint density at radius 2 is 1.48 bits per heavy atom. The molecule has 4 rings (SSSR count). The molecular weight excluding hydrogens is 623 g/mol. The van der Waals surface area contributed by atoms with Gasteiger partial charge in [0, 0.05) is 0 Å². The van der Waals surface area contributed by atoms with Gasteiger partial charge in [-0.15, -0.1) is 0 Å². The first-order chi connectivity index (χ1) is 21.5. The van der Waals surface area contributed by atoms with Crippen molar-refractivity contribution in [3.05, 3.63) is 95.3 Å². The van der Waals surface area contributed by atoms with Crippen molar-refractivity contribution in [2.45, 2.75) is 83.7 Å². The van der Waals surface area contributed by atoms with Crippen molar-refractivity contribution in [2.24, 2.45) is 0 Å². The molecule has 3 aromatic carbocycles. The van der Waals surface area contributed by atoms with E-state index in [0.717, 1.165) is 10.4 Å². The second-order valence-corrected chi connectivity index (χ2v) is 19.0. The highest BCUT2D eigenvalue weighted by atomic mass is 35.5. The van der Waals surface area contributed by atoms with Gasteiger partial charge in [0.25, 0.3) is 14.2 Å². The van der Waals surface area contributed by atoms with Crippen LogP contribution in [0.5, 0.6) is 0 Å². The zero-order chi connectivity index (χ0) is 33.9. The molecule has 1 aliphatic rings. The molecule has 10 heteroatoms. The molecule has 3 aromatic rings. The van der Waals surface area contributed by atoms with E-state index in [1.807, 2.05) is 36.4 Å². The molecule has 0 aliphatic carbocycles. The number of rotatable bonds is 8. The van der Waals surface area contributed by atoms with Crippen molar-refractivity contribution in [3.8, 4) is 0 Å². The molecule has 0 unspecified atom stereocenters. The van der Waals surface area contributed by atoms with Gasteiger partial charge in [-0.2, -0.15) is 0 Å². The summed E-state index contributed by atoms with van der Waals surface area (Å²) in [7, 11) is -2.92. The van der Waals surface area contributed by atoms with E-state index in [-0.39, 0.29) is 29.8 Å². The van der Waals surface area contributed by atoms with Gasteiger partial charge >= 0.3 is 6.09 Å². The van der Waals surface area contributed by atoms with E-state index in [1.54, 1.807) is 51.7 Å². The molecule has 0 bridgehead atoms. The zero-order valence-corrected chi connectivity index (χ0v) is 29.8. The molecule has 7 nitrogen and oxygen atoms in total. The lowest BCUT2D eigenvalue weighted by Crippen LogP contribution is -2.68. The van der Waals surface area contributed by atoms with Crippen LogP contribution in [-0.4, -0.2) is 62.7 Å². The second-order valence-electron chi connectivity index (χ2n) is 14.3. The van der Waals surface area contributed by atoms with Crippen LogP contribution in [0.3, 0.4) is 0 Å². The summed E-state index contributed by atoms with van der Waals surface area (Å²) in [5, 5.41) is 4.83. The molecule has 1 aliphatic heterocycles. The largest absolute Gasteiger partial charge is 0.444 e. The standard InChI is InChI=1S/C36H46ClFN2O5Si/c1-34(2,3)45-33(42)40-22-30(32(41)39-36(7,8)28-20-15-21-29(38)31(28)37)43-23-25(40)24-44-46(35(4,5)6,26-16-11-9-12-17-26)27-18-13-10-14-19-27/h9-21,25,30H,22-24H2,1-8H3,(H,39,41)/t25-,30-/m0/s1. The number of nitrogens with one attached hydrogen (secondary N) is 1. The monoisotopic (exact) mass is 668 g/mol. The topological polar surface area (TPSA) is 77.1 Å². The molecular formula is C36H46ClFN2O5Si. The van der Waals surface area contributed by atoms with Crippen LogP contribution >= 0.6 is 11.6 Å². The number of carbonyl (C=O) groups excluding carboxylic acids is 2. The normalized spacial score (nSPS) is 17.8.